The van der Waals surface area contributed by atoms with Crippen molar-refractivity contribution in [2.75, 3.05) is 0 Å². The second-order valence-corrected chi connectivity index (χ2v) is 9.43. The van der Waals surface area contributed by atoms with Crippen LogP contribution in [0.25, 0.3) is 0 Å². The molecule has 0 aromatic carbocycles. The van der Waals surface area contributed by atoms with Gasteiger partial charge < -0.3 is 10.2 Å². The smallest absolute Gasteiger partial charge is 0.178 e. The van der Waals surface area contributed by atoms with E-state index in [0.717, 1.165) is 6.08 Å². The normalized spacial score (nSPS) is 52.6. The summed E-state index contributed by atoms with van der Waals surface area (Å²) in [4.78, 5) is 24.1. The molecule has 4 aliphatic carbocycles. The van der Waals surface area contributed by atoms with Gasteiger partial charge >= 0.3 is 0 Å². The largest absolute Gasteiger partial charge is 0.390 e. The first-order valence-corrected chi connectivity index (χ1v) is 9.72. The summed E-state index contributed by atoms with van der Waals surface area (Å²) < 4.78 is 32.0. The molecule has 4 nitrogen and oxygen atoms in total. The van der Waals surface area contributed by atoms with Crippen LogP contribution in [0.2, 0.25) is 0 Å². The Morgan fingerprint density at radius 2 is 1.96 bits per heavy atom. The summed E-state index contributed by atoms with van der Waals surface area (Å²) in [6.45, 7) is 8.32. The number of rotatable bonds is 1. The molecule has 0 amide bonds. The molecule has 0 heterocycles. The molecule has 3 fully saturated rings. The number of aliphatic hydroxyl groups is 2. The van der Waals surface area contributed by atoms with Crippen molar-refractivity contribution >= 4 is 11.6 Å². The van der Waals surface area contributed by atoms with E-state index in [1.807, 2.05) is 0 Å². The number of fused-ring (bicyclic) bond motifs is 5. The van der Waals surface area contributed by atoms with Crippen LogP contribution in [0.3, 0.4) is 0 Å². The monoisotopic (exact) mass is 392 g/mol. The Labute approximate surface area is 163 Å². The molecule has 2 N–H and O–H groups in total. The van der Waals surface area contributed by atoms with Gasteiger partial charge in [-0.1, -0.05) is 19.6 Å². The van der Waals surface area contributed by atoms with Crippen molar-refractivity contribution in [3.63, 3.8) is 0 Å². The third-order valence-corrected chi connectivity index (χ3v) is 8.33. The Balaban J connectivity index is 1.90. The Morgan fingerprint density at radius 1 is 1.32 bits per heavy atom. The summed E-state index contributed by atoms with van der Waals surface area (Å²) in [6.07, 6.45) is 0.494. The SMILES string of the molecule is C=C1C[C@H]2[C@@H]3C[C@H](F)C4=CC(=O)C=C[C@]4(C)[C@@]3(F)[C@H](O)C[C@]2(C)[C@@]1(O)C(C)=O. The molecule has 28 heavy (non-hydrogen) atoms. The highest BCUT2D eigenvalue weighted by Gasteiger charge is 2.75. The fourth-order valence-electron chi connectivity index (χ4n) is 6.82. The van der Waals surface area contributed by atoms with E-state index in [0.29, 0.717) is 5.57 Å². The second kappa shape index (κ2) is 5.48. The highest BCUT2D eigenvalue weighted by molar-refractivity contribution is 6.01. The van der Waals surface area contributed by atoms with Crippen molar-refractivity contribution in [1.82, 2.24) is 0 Å². The molecule has 0 aromatic heterocycles. The van der Waals surface area contributed by atoms with Crippen LogP contribution in [-0.2, 0) is 9.59 Å². The average molecular weight is 392 g/mol. The number of halogens is 2. The topological polar surface area (TPSA) is 74.6 Å². The van der Waals surface area contributed by atoms with Crippen molar-refractivity contribution in [2.24, 2.45) is 22.7 Å². The van der Waals surface area contributed by atoms with Gasteiger partial charge in [0, 0.05) is 16.7 Å². The van der Waals surface area contributed by atoms with Crippen LogP contribution in [0.1, 0.15) is 40.0 Å². The maximum absolute atomic E-state index is 16.8. The number of ketones is 2. The fourth-order valence-corrected chi connectivity index (χ4v) is 6.82. The Morgan fingerprint density at radius 3 is 2.57 bits per heavy atom. The van der Waals surface area contributed by atoms with E-state index in [1.54, 1.807) is 6.92 Å². The quantitative estimate of drug-likeness (QED) is 0.673. The predicted octanol–water partition coefficient (Wildman–Crippen LogP) is 2.79. The molecule has 0 spiro atoms. The minimum Gasteiger partial charge on any atom is -0.390 e. The van der Waals surface area contributed by atoms with Crippen LogP contribution in [0.5, 0.6) is 0 Å². The van der Waals surface area contributed by atoms with Crippen LogP contribution in [0, 0.1) is 22.7 Å². The van der Waals surface area contributed by atoms with Gasteiger partial charge in [0.1, 0.15) is 11.8 Å². The van der Waals surface area contributed by atoms with Crippen LogP contribution >= 0.6 is 0 Å². The van der Waals surface area contributed by atoms with Crippen molar-refractivity contribution in [1.29, 1.82) is 0 Å². The number of carbonyl (C=O) groups is 2. The molecule has 8 atom stereocenters. The van der Waals surface area contributed by atoms with Crippen molar-refractivity contribution in [2.45, 2.75) is 63.6 Å². The maximum Gasteiger partial charge on any atom is 0.178 e. The lowest BCUT2D eigenvalue weighted by Crippen LogP contribution is -2.70. The van der Waals surface area contributed by atoms with Crippen molar-refractivity contribution in [3.05, 3.63) is 36.0 Å². The molecule has 152 valence electrons. The number of hydrogen-bond acceptors (Lipinski definition) is 4. The molecule has 0 aromatic rings. The Bertz CT molecular complexity index is 863. The highest BCUT2D eigenvalue weighted by atomic mass is 19.1. The third-order valence-electron chi connectivity index (χ3n) is 8.33. The van der Waals surface area contributed by atoms with E-state index in [9.17, 15) is 19.8 Å². The maximum atomic E-state index is 16.8. The zero-order valence-corrected chi connectivity index (χ0v) is 16.3. The third kappa shape index (κ3) is 1.91. The minimum atomic E-state index is -2.22. The van der Waals surface area contributed by atoms with E-state index in [-0.39, 0.29) is 24.8 Å². The van der Waals surface area contributed by atoms with Gasteiger partial charge in [-0.05, 0) is 62.3 Å². The van der Waals surface area contributed by atoms with Crippen LogP contribution < -0.4 is 0 Å². The van der Waals surface area contributed by atoms with Crippen molar-refractivity contribution < 1.29 is 28.6 Å². The first-order valence-electron chi connectivity index (χ1n) is 9.72. The molecule has 3 saturated carbocycles. The molecule has 4 aliphatic rings. The van der Waals surface area contributed by atoms with Gasteiger partial charge in [0.15, 0.2) is 17.2 Å². The highest BCUT2D eigenvalue weighted by Crippen LogP contribution is 2.70. The molecule has 0 aliphatic heterocycles. The lowest BCUT2D eigenvalue weighted by Gasteiger charge is -2.62. The van der Waals surface area contributed by atoms with Crippen LogP contribution in [0.15, 0.2) is 36.0 Å². The lowest BCUT2D eigenvalue weighted by atomic mass is 9.44. The molecule has 4 rings (SSSR count). The predicted molar refractivity (Wildman–Crippen MR) is 98.8 cm³/mol. The van der Waals surface area contributed by atoms with E-state index in [1.165, 1.54) is 26.0 Å². The van der Waals surface area contributed by atoms with Crippen molar-refractivity contribution in [3.8, 4) is 0 Å². The summed E-state index contributed by atoms with van der Waals surface area (Å²) in [5.41, 5.74) is -6.35. The standard InChI is InChI=1S/C22H26F2O4/c1-11-7-14-15-9-17(23)16-8-13(26)5-6-19(16,3)21(15,24)18(27)10-20(14,4)22(11,28)12(2)25/h5-6,8,14-15,17-18,27-28H,1,7,9-10H2,2-4H3/t14-,15-,17-,18+,19-,20-,21-,22-/m0/s1. The molecule has 6 heteroatoms. The molecular weight excluding hydrogens is 366 g/mol. The minimum absolute atomic E-state index is 0.0556. The Hall–Kier alpha value is -1.66. The van der Waals surface area contributed by atoms with E-state index in [2.05, 4.69) is 6.58 Å². The fraction of sp³-hybridized carbons (Fsp3) is 0.636. The van der Waals surface area contributed by atoms with E-state index < -0.39 is 57.8 Å². The number of Topliss-reactive ketones (excluding diaryl/α,β-unsaturated/α-hetero) is 1. The van der Waals surface area contributed by atoms with E-state index >= 15 is 8.78 Å². The van der Waals surface area contributed by atoms with Gasteiger partial charge in [-0.3, -0.25) is 9.59 Å². The first-order chi connectivity index (χ1) is 12.8. The van der Waals surface area contributed by atoms with Gasteiger partial charge in [0.25, 0.3) is 0 Å². The number of alkyl halides is 2. The van der Waals surface area contributed by atoms with Gasteiger partial charge in [0.05, 0.1) is 6.10 Å². The van der Waals surface area contributed by atoms with Gasteiger partial charge in [0.2, 0.25) is 0 Å². The van der Waals surface area contributed by atoms with E-state index in [4.69, 9.17) is 0 Å². The number of aliphatic hydroxyl groups excluding tert-OH is 1. The average Bonchev–Trinajstić information content (AvgIpc) is 2.81. The molecule has 0 unspecified atom stereocenters. The summed E-state index contributed by atoms with van der Waals surface area (Å²) in [5, 5.41) is 22.3. The number of carbonyl (C=O) groups excluding carboxylic acids is 2. The number of hydrogen-bond donors (Lipinski definition) is 2. The Kier molecular flexibility index (Phi) is 3.85. The zero-order valence-electron chi connectivity index (χ0n) is 16.3. The first kappa shape index (κ1) is 19.6. The summed E-state index contributed by atoms with van der Waals surface area (Å²) >= 11 is 0. The summed E-state index contributed by atoms with van der Waals surface area (Å²) in [6, 6.07) is 0. The molecule has 0 bridgehead atoms. The second-order valence-electron chi connectivity index (χ2n) is 9.43. The summed E-state index contributed by atoms with van der Waals surface area (Å²) in [7, 11) is 0. The number of allylic oxidation sites excluding steroid dienone is 4. The zero-order chi connectivity index (χ0) is 20.9. The summed E-state index contributed by atoms with van der Waals surface area (Å²) in [5.74, 6) is -2.37. The molecule has 0 saturated heterocycles. The molecular formula is C22H26F2O4. The van der Waals surface area contributed by atoms with Gasteiger partial charge in [-0.15, -0.1) is 0 Å². The van der Waals surface area contributed by atoms with Crippen LogP contribution in [-0.4, -0.2) is 45.3 Å². The molecule has 0 radical (unpaired) electrons. The van der Waals surface area contributed by atoms with Gasteiger partial charge in [-0.25, -0.2) is 8.78 Å². The van der Waals surface area contributed by atoms with Crippen LogP contribution in [0.4, 0.5) is 8.78 Å². The lowest BCUT2D eigenvalue weighted by molar-refractivity contribution is -0.219. The van der Waals surface area contributed by atoms with Gasteiger partial charge in [-0.2, -0.15) is 0 Å².